The topological polar surface area (TPSA) is 29.5 Å². The first kappa shape index (κ1) is 17.7. The molecule has 0 aromatic carbocycles. The molecule has 0 amide bonds. The molecule has 3 aliphatic carbocycles. The molecule has 3 saturated carbocycles. The molecule has 23 heavy (non-hydrogen) atoms. The van der Waals surface area contributed by atoms with Crippen LogP contribution in [0.2, 0.25) is 0 Å². The minimum absolute atomic E-state index is 0.200. The van der Waals surface area contributed by atoms with Gasteiger partial charge in [-0.1, -0.05) is 57.8 Å². The smallest absolute Gasteiger partial charge is 0.0724 e. The summed E-state index contributed by atoms with van der Waals surface area (Å²) in [5.41, 5.74) is 0.200. The highest BCUT2D eigenvalue weighted by atomic mass is 16.5. The molecule has 0 saturated heterocycles. The van der Waals surface area contributed by atoms with Crippen LogP contribution in [0.5, 0.6) is 0 Å². The van der Waals surface area contributed by atoms with Crippen LogP contribution in [-0.2, 0) is 4.74 Å². The monoisotopic (exact) mass is 322 g/mol. The van der Waals surface area contributed by atoms with Gasteiger partial charge in [-0.3, -0.25) is 0 Å². The molecule has 2 nitrogen and oxygen atoms in total. The summed E-state index contributed by atoms with van der Waals surface area (Å²) >= 11 is 0. The Hall–Kier alpha value is -0.0800. The summed E-state index contributed by atoms with van der Waals surface area (Å²) in [6.07, 6.45) is 17.8. The van der Waals surface area contributed by atoms with Gasteiger partial charge in [0.15, 0.2) is 0 Å². The van der Waals surface area contributed by atoms with Crippen LogP contribution < -0.4 is 0 Å². The Balaban J connectivity index is 1.60. The molecule has 0 radical (unpaired) electrons. The molecule has 0 aliphatic heterocycles. The van der Waals surface area contributed by atoms with E-state index in [2.05, 4.69) is 6.92 Å². The molecule has 0 aromatic rings. The molecule has 3 fully saturated rings. The minimum atomic E-state index is -0.244. The first-order valence-corrected chi connectivity index (χ1v) is 10.4. The molecule has 3 aliphatic rings. The largest absolute Gasteiger partial charge is 0.393 e. The van der Waals surface area contributed by atoms with Crippen LogP contribution >= 0.6 is 0 Å². The Labute approximate surface area is 143 Å². The van der Waals surface area contributed by atoms with Crippen molar-refractivity contribution >= 4 is 0 Å². The molecule has 134 valence electrons. The maximum atomic E-state index is 9.64. The number of aliphatic hydroxyl groups excluding tert-OH is 1. The Morgan fingerprint density at radius 3 is 2.30 bits per heavy atom. The average molecular weight is 323 g/mol. The van der Waals surface area contributed by atoms with Crippen molar-refractivity contribution in [2.24, 2.45) is 17.8 Å². The highest BCUT2D eigenvalue weighted by Crippen LogP contribution is 2.62. The summed E-state index contributed by atoms with van der Waals surface area (Å²) in [6.45, 7) is 4.04. The lowest BCUT2D eigenvalue weighted by Crippen LogP contribution is -2.34. The maximum absolute atomic E-state index is 9.64. The van der Waals surface area contributed by atoms with E-state index in [0.717, 1.165) is 24.2 Å². The van der Waals surface area contributed by atoms with Crippen molar-refractivity contribution in [2.75, 3.05) is 0 Å². The van der Waals surface area contributed by atoms with Crippen molar-refractivity contribution in [1.29, 1.82) is 0 Å². The van der Waals surface area contributed by atoms with Crippen molar-refractivity contribution in [3.63, 3.8) is 0 Å². The van der Waals surface area contributed by atoms with E-state index in [1.807, 2.05) is 6.92 Å². The van der Waals surface area contributed by atoms with Gasteiger partial charge in [0.25, 0.3) is 0 Å². The lowest BCUT2D eigenvalue weighted by atomic mass is 9.75. The molecule has 0 spiro atoms. The zero-order valence-corrected chi connectivity index (χ0v) is 15.4. The highest BCUT2D eigenvalue weighted by molar-refractivity contribution is 5.12. The number of rotatable bonds is 4. The summed E-state index contributed by atoms with van der Waals surface area (Å²) in [7, 11) is 0. The quantitative estimate of drug-likeness (QED) is 0.743. The Morgan fingerprint density at radius 1 is 0.957 bits per heavy atom. The number of hydrogen-bond acceptors (Lipinski definition) is 2. The van der Waals surface area contributed by atoms with Gasteiger partial charge >= 0.3 is 0 Å². The van der Waals surface area contributed by atoms with E-state index in [4.69, 9.17) is 4.74 Å². The van der Waals surface area contributed by atoms with Gasteiger partial charge in [-0.2, -0.15) is 0 Å². The third-order valence-electron chi connectivity index (χ3n) is 6.72. The summed E-state index contributed by atoms with van der Waals surface area (Å²) in [6, 6.07) is 0. The van der Waals surface area contributed by atoms with Gasteiger partial charge in [-0.15, -0.1) is 0 Å². The SMILES string of the molecule is C[C@H](C[C@@H](C)O)O[C@]12C[C@H]3CCCCCCCCC[C@H](C3)[C@H]1C2. The number of ether oxygens (including phenoxy) is 1. The first-order valence-electron chi connectivity index (χ1n) is 10.4. The zero-order chi connectivity index (χ0) is 16.3. The fourth-order valence-electron chi connectivity index (χ4n) is 5.68. The van der Waals surface area contributed by atoms with Gasteiger partial charge in [0.1, 0.15) is 0 Å². The number of hydrogen-bond donors (Lipinski definition) is 1. The molecular weight excluding hydrogens is 284 g/mol. The van der Waals surface area contributed by atoms with Gasteiger partial charge in [0.2, 0.25) is 0 Å². The van der Waals surface area contributed by atoms with Crippen molar-refractivity contribution in [2.45, 2.75) is 115 Å². The molecule has 1 N–H and O–H groups in total. The fraction of sp³-hybridized carbons (Fsp3) is 1.00. The molecule has 0 heterocycles. The van der Waals surface area contributed by atoms with Crippen LogP contribution in [0.1, 0.15) is 97.3 Å². The zero-order valence-electron chi connectivity index (χ0n) is 15.4. The second kappa shape index (κ2) is 7.87. The van der Waals surface area contributed by atoms with Crippen LogP contribution in [0.3, 0.4) is 0 Å². The van der Waals surface area contributed by atoms with Gasteiger partial charge < -0.3 is 9.84 Å². The van der Waals surface area contributed by atoms with Crippen LogP contribution in [0.4, 0.5) is 0 Å². The standard InChI is InChI=1S/C21H38O2/c1-16(22)12-17(2)23-21-14-18-10-8-6-4-3-5-7-9-11-19(13-18)20(21)15-21/h16-20,22H,3-15H2,1-2H3/t16-,17-,18+,19-,20-,21+/m1/s1. The van der Waals surface area contributed by atoms with Crippen LogP contribution in [0.25, 0.3) is 0 Å². The molecule has 2 heteroatoms. The molecule has 2 bridgehead atoms. The van der Waals surface area contributed by atoms with Crippen LogP contribution in [0.15, 0.2) is 0 Å². The van der Waals surface area contributed by atoms with Gasteiger partial charge in [0.05, 0.1) is 17.8 Å². The summed E-state index contributed by atoms with van der Waals surface area (Å²) in [5.74, 6) is 2.65. The van der Waals surface area contributed by atoms with Crippen LogP contribution in [0, 0.1) is 17.8 Å². The lowest BCUT2D eigenvalue weighted by molar-refractivity contribution is -0.0780. The minimum Gasteiger partial charge on any atom is -0.393 e. The predicted octanol–water partition coefficient (Wildman–Crippen LogP) is 5.47. The van der Waals surface area contributed by atoms with Crippen LogP contribution in [-0.4, -0.2) is 22.9 Å². The Bertz CT molecular complexity index is 367. The van der Waals surface area contributed by atoms with Gasteiger partial charge in [-0.25, -0.2) is 0 Å². The number of fused-ring (bicyclic) bond motifs is 4. The van der Waals surface area contributed by atoms with Crippen molar-refractivity contribution in [3.8, 4) is 0 Å². The van der Waals surface area contributed by atoms with E-state index >= 15 is 0 Å². The molecule has 3 rings (SSSR count). The first-order chi connectivity index (χ1) is 11.1. The molecule has 0 unspecified atom stereocenters. The molecule has 6 atom stereocenters. The molecule has 0 aromatic heterocycles. The predicted molar refractivity (Wildman–Crippen MR) is 95.4 cm³/mol. The maximum Gasteiger partial charge on any atom is 0.0724 e. The second-order valence-corrected chi connectivity index (χ2v) is 9.01. The van der Waals surface area contributed by atoms with E-state index in [1.165, 1.54) is 77.0 Å². The normalized spacial score (nSPS) is 41.1. The Morgan fingerprint density at radius 2 is 1.61 bits per heavy atom. The third-order valence-corrected chi connectivity index (χ3v) is 6.72. The molecular formula is C21H38O2. The number of aliphatic hydroxyl groups is 1. The van der Waals surface area contributed by atoms with Crippen molar-refractivity contribution < 1.29 is 9.84 Å². The van der Waals surface area contributed by atoms with E-state index < -0.39 is 0 Å². The fourth-order valence-corrected chi connectivity index (χ4v) is 5.68. The van der Waals surface area contributed by atoms with E-state index in [1.54, 1.807) is 0 Å². The van der Waals surface area contributed by atoms with Gasteiger partial charge in [-0.05, 0) is 57.3 Å². The van der Waals surface area contributed by atoms with E-state index in [0.29, 0.717) is 0 Å². The second-order valence-electron chi connectivity index (χ2n) is 9.01. The lowest BCUT2D eigenvalue weighted by Gasteiger charge is -2.36. The average Bonchev–Trinajstić information content (AvgIpc) is 3.16. The van der Waals surface area contributed by atoms with Crippen molar-refractivity contribution in [1.82, 2.24) is 0 Å². The summed E-state index contributed by atoms with van der Waals surface area (Å²) in [5, 5.41) is 9.64. The third kappa shape index (κ3) is 4.72. The summed E-state index contributed by atoms with van der Waals surface area (Å²) < 4.78 is 6.56. The highest BCUT2D eigenvalue weighted by Gasteiger charge is 2.62. The van der Waals surface area contributed by atoms with Crippen molar-refractivity contribution in [3.05, 3.63) is 0 Å². The van der Waals surface area contributed by atoms with E-state index in [-0.39, 0.29) is 17.8 Å². The Kier molecular flexibility index (Phi) is 6.07. The summed E-state index contributed by atoms with van der Waals surface area (Å²) in [4.78, 5) is 0. The van der Waals surface area contributed by atoms with E-state index in [9.17, 15) is 5.11 Å². The van der Waals surface area contributed by atoms with Gasteiger partial charge in [0, 0.05) is 0 Å².